The fourth-order valence-corrected chi connectivity index (χ4v) is 2.06. The molecule has 0 aromatic heterocycles. The van der Waals surface area contributed by atoms with Crippen molar-refractivity contribution in [3.05, 3.63) is 28.3 Å². The van der Waals surface area contributed by atoms with Crippen molar-refractivity contribution in [2.45, 2.75) is 31.7 Å². The smallest absolute Gasteiger partial charge is 0.125 e. The molecule has 0 radical (unpaired) electrons. The predicted octanol–water partition coefficient (Wildman–Crippen LogP) is 2.69. The molecule has 1 aliphatic carbocycles. The van der Waals surface area contributed by atoms with Crippen LogP contribution in [-0.2, 0) is 5.54 Å². The Balaban J connectivity index is 2.49. The molecule has 76 valence electrons. The van der Waals surface area contributed by atoms with E-state index in [4.69, 9.17) is 17.3 Å². The Labute approximate surface area is 88.7 Å². The predicted molar refractivity (Wildman–Crippen MR) is 57.6 cm³/mol. The third-order valence-corrected chi connectivity index (χ3v) is 3.56. The Morgan fingerprint density at radius 2 is 2.07 bits per heavy atom. The SMILES string of the molecule is Cc1c(Cl)ccc(C2(N)CCC2)c1O. The number of hydrogen-bond acceptors (Lipinski definition) is 2. The molecule has 14 heavy (non-hydrogen) atoms. The molecule has 2 rings (SSSR count). The Morgan fingerprint density at radius 1 is 1.43 bits per heavy atom. The van der Waals surface area contributed by atoms with E-state index in [9.17, 15) is 5.11 Å². The van der Waals surface area contributed by atoms with Crippen molar-refractivity contribution in [3.8, 4) is 5.75 Å². The van der Waals surface area contributed by atoms with Crippen LogP contribution in [0.5, 0.6) is 5.75 Å². The summed E-state index contributed by atoms with van der Waals surface area (Å²) in [7, 11) is 0. The van der Waals surface area contributed by atoms with Crippen LogP contribution in [0.25, 0.3) is 0 Å². The Morgan fingerprint density at radius 3 is 2.57 bits per heavy atom. The first-order valence-corrected chi connectivity index (χ1v) is 5.20. The molecule has 0 amide bonds. The van der Waals surface area contributed by atoms with Crippen molar-refractivity contribution >= 4 is 11.6 Å². The second-order valence-corrected chi connectivity index (χ2v) is 4.49. The minimum Gasteiger partial charge on any atom is -0.507 e. The molecule has 0 aliphatic heterocycles. The molecule has 3 N–H and O–H groups in total. The van der Waals surface area contributed by atoms with E-state index < -0.39 is 0 Å². The summed E-state index contributed by atoms with van der Waals surface area (Å²) in [6.07, 6.45) is 3.03. The molecule has 1 aromatic rings. The topological polar surface area (TPSA) is 46.2 Å². The normalized spacial score (nSPS) is 19.1. The molecule has 1 fully saturated rings. The summed E-state index contributed by atoms with van der Waals surface area (Å²) in [6.45, 7) is 1.81. The van der Waals surface area contributed by atoms with E-state index >= 15 is 0 Å². The summed E-state index contributed by atoms with van der Waals surface area (Å²) in [5.41, 5.74) is 7.38. The summed E-state index contributed by atoms with van der Waals surface area (Å²) < 4.78 is 0. The number of benzene rings is 1. The third-order valence-electron chi connectivity index (χ3n) is 3.15. The molecule has 1 saturated carbocycles. The lowest BCUT2D eigenvalue weighted by molar-refractivity contribution is 0.245. The number of halogens is 1. The van der Waals surface area contributed by atoms with E-state index in [-0.39, 0.29) is 11.3 Å². The van der Waals surface area contributed by atoms with Crippen LogP contribution in [0.1, 0.15) is 30.4 Å². The average Bonchev–Trinajstić information content (AvgIpc) is 2.11. The minimum atomic E-state index is -0.320. The van der Waals surface area contributed by atoms with Crippen molar-refractivity contribution in [3.63, 3.8) is 0 Å². The van der Waals surface area contributed by atoms with Crippen LogP contribution >= 0.6 is 11.6 Å². The van der Waals surface area contributed by atoms with E-state index in [0.717, 1.165) is 30.4 Å². The van der Waals surface area contributed by atoms with Crippen molar-refractivity contribution in [1.82, 2.24) is 0 Å². The third kappa shape index (κ3) is 1.30. The van der Waals surface area contributed by atoms with Gasteiger partial charge in [0.05, 0.1) is 0 Å². The van der Waals surface area contributed by atoms with Crippen LogP contribution in [0.3, 0.4) is 0 Å². The first-order chi connectivity index (χ1) is 6.54. The Hall–Kier alpha value is -0.730. The lowest BCUT2D eigenvalue weighted by Gasteiger charge is -2.39. The van der Waals surface area contributed by atoms with E-state index in [1.807, 2.05) is 13.0 Å². The second-order valence-electron chi connectivity index (χ2n) is 4.08. The van der Waals surface area contributed by atoms with Gasteiger partial charge in [0.1, 0.15) is 5.75 Å². The fraction of sp³-hybridized carbons (Fsp3) is 0.455. The van der Waals surface area contributed by atoms with E-state index in [1.165, 1.54) is 0 Å². The maximum Gasteiger partial charge on any atom is 0.125 e. The quantitative estimate of drug-likeness (QED) is 0.750. The van der Waals surface area contributed by atoms with Gasteiger partial charge in [0.2, 0.25) is 0 Å². The first kappa shape index (κ1) is 9.81. The average molecular weight is 212 g/mol. The van der Waals surface area contributed by atoms with Gasteiger partial charge >= 0.3 is 0 Å². The van der Waals surface area contributed by atoms with Gasteiger partial charge in [-0.2, -0.15) is 0 Å². The van der Waals surface area contributed by atoms with Gasteiger partial charge < -0.3 is 10.8 Å². The van der Waals surface area contributed by atoms with Gasteiger partial charge in [-0.25, -0.2) is 0 Å². The Kier molecular flexibility index (Phi) is 2.20. The lowest BCUT2D eigenvalue weighted by atomic mass is 9.72. The van der Waals surface area contributed by atoms with Gasteiger partial charge in [-0.05, 0) is 32.3 Å². The summed E-state index contributed by atoms with van der Waals surface area (Å²) in [5, 5.41) is 10.5. The lowest BCUT2D eigenvalue weighted by Crippen LogP contribution is -2.43. The Bertz CT molecular complexity index is 372. The van der Waals surface area contributed by atoms with Gasteiger partial charge in [-0.1, -0.05) is 17.7 Å². The molecule has 1 aromatic carbocycles. The molecule has 1 aliphatic rings. The zero-order chi connectivity index (χ0) is 10.3. The largest absolute Gasteiger partial charge is 0.507 e. The summed E-state index contributed by atoms with van der Waals surface area (Å²) >= 11 is 5.90. The molecule has 0 heterocycles. The van der Waals surface area contributed by atoms with E-state index in [0.29, 0.717) is 5.02 Å². The maximum atomic E-state index is 9.91. The highest BCUT2D eigenvalue weighted by atomic mass is 35.5. The molecular formula is C11H14ClNO. The second kappa shape index (κ2) is 3.14. The van der Waals surface area contributed by atoms with Crippen LogP contribution in [-0.4, -0.2) is 5.11 Å². The van der Waals surface area contributed by atoms with E-state index in [1.54, 1.807) is 6.07 Å². The zero-order valence-electron chi connectivity index (χ0n) is 8.18. The van der Waals surface area contributed by atoms with Crippen LogP contribution in [0.4, 0.5) is 0 Å². The number of aromatic hydroxyl groups is 1. The van der Waals surface area contributed by atoms with Crippen molar-refractivity contribution in [1.29, 1.82) is 0 Å². The summed E-state index contributed by atoms with van der Waals surface area (Å²) in [5.74, 6) is 0.264. The minimum absolute atomic E-state index is 0.264. The molecule has 0 saturated heterocycles. The highest BCUT2D eigenvalue weighted by Crippen LogP contribution is 2.44. The highest BCUT2D eigenvalue weighted by Gasteiger charge is 2.36. The van der Waals surface area contributed by atoms with Crippen molar-refractivity contribution in [2.24, 2.45) is 5.73 Å². The van der Waals surface area contributed by atoms with Crippen molar-refractivity contribution in [2.75, 3.05) is 0 Å². The molecule has 0 spiro atoms. The van der Waals surface area contributed by atoms with Gasteiger partial charge in [-0.15, -0.1) is 0 Å². The standard InChI is InChI=1S/C11H14ClNO/c1-7-9(12)4-3-8(10(7)14)11(13)5-2-6-11/h3-4,14H,2,5-6,13H2,1H3. The van der Waals surface area contributed by atoms with Crippen LogP contribution in [0, 0.1) is 6.92 Å². The van der Waals surface area contributed by atoms with Gasteiger partial charge in [0.25, 0.3) is 0 Å². The highest BCUT2D eigenvalue weighted by molar-refractivity contribution is 6.31. The monoisotopic (exact) mass is 211 g/mol. The van der Waals surface area contributed by atoms with Crippen LogP contribution in [0.2, 0.25) is 5.02 Å². The summed E-state index contributed by atoms with van der Waals surface area (Å²) in [6, 6.07) is 3.64. The summed E-state index contributed by atoms with van der Waals surface area (Å²) in [4.78, 5) is 0. The van der Waals surface area contributed by atoms with Crippen molar-refractivity contribution < 1.29 is 5.11 Å². The molecule has 0 bridgehead atoms. The first-order valence-electron chi connectivity index (χ1n) is 4.82. The molecule has 0 unspecified atom stereocenters. The molecule has 3 heteroatoms. The van der Waals surface area contributed by atoms with Crippen LogP contribution in [0.15, 0.2) is 12.1 Å². The fourth-order valence-electron chi connectivity index (χ4n) is 1.90. The number of phenolic OH excluding ortho intramolecular Hbond substituents is 1. The van der Waals surface area contributed by atoms with Gasteiger partial charge in [0.15, 0.2) is 0 Å². The number of hydrogen-bond donors (Lipinski definition) is 2. The molecule has 2 nitrogen and oxygen atoms in total. The number of nitrogens with two attached hydrogens (primary N) is 1. The van der Waals surface area contributed by atoms with E-state index in [2.05, 4.69) is 0 Å². The van der Waals surface area contributed by atoms with Gasteiger partial charge in [0, 0.05) is 21.7 Å². The van der Waals surface area contributed by atoms with Crippen LogP contribution < -0.4 is 5.73 Å². The maximum absolute atomic E-state index is 9.91. The molecule has 0 atom stereocenters. The number of phenols is 1. The van der Waals surface area contributed by atoms with Gasteiger partial charge in [-0.3, -0.25) is 0 Å². The number of rotatable bonds is 1. The molecular weight excluding hydrogens is 198 g/mol. The zero-order valence-corrected chi connectivity index (χ0v) is 8.93.